The summed E-state index contributed by atoms with van der Waals surface area (Å²) in [5.41, 5.74) is 5.35. The minimum absolute atomic E-state index is 0.259. The molecule has 2 heterocycles. The van der Waals surface area contributed by atoms with Crippen molar-refractivity contribution in [1.29, 1.82) is 0 Å². The van der Waals surface area contributed by atoms with Crippen LogP contribution in [0.3, 0.4) is 0 Å². The molecule has 1 aliphatic rings. The quantitative estimate of drug-likeness (QED) is 0.385. The number of pyridine rings is 1. The SMILES string of the molecule is Cc1cccc2cc3c(nc12)SC(=Nc1ccc(F)cc1)N(Cc1ccccc1)C3. The predicted molar refractivity (Wildman–Crippen MR) is 122 cm³/mol. The maximum atomic E-state index is 13.3. The predicted octanol–water partition coefficient (Wildman–Crippen LogP) is 6.48. The van der Waals surface area contributed by atoms with E-state index in [1.807, 2.05) is 6.07 Å². The van der Waals surface area contributed by atoms with Crippen molar-refractivity contribution in [3.8, 4) is 0 Å². The second kappa shape index (κ2) is 7.92. The number of halogens is 1. The lowest BCUT2D eigenvalue weighted by Crippen LogP contribution is -2.31. The highest BCUT2D eigenvalue weighted by Crippen LogP contribution is 2.35. The van der Waals surface area contributed by atoms with Crippen molar-refractivity contribution in [3.05, 3.63) is 101 Å². The van der Waals surface area contributed by atoms with E-state index in [0.717, 1.165) is 39.9 Å². The molecule has 1 aromatic heterocycles. The van der Waals surface area contributed by atoms with Crippen LogP contribution in [0.15, 0.2) is 88.9 Å². The summed E-state index contributed by atoms with van der Waals surface area (Å²) < 4.78 is 13.3. The Morgan fingerprint density at radius 1 is 1.00 bits per heavy atom. The van der Waals surface area contributed by atoms with E-state index in [2.05, 4.69) is 60.4 Å². The third-order valence-electron chi connectivity index (χ3n) is 5.17. The van der Waals surface area contributed by atoms with Crippen LogP contribution in [0.25, 0.3) is 10.9 Å². The van der Waals surface area contributed by atoms with Gasteiger partial charge in [0.15, 0.2) is 5.17 Å². The van der Waals surface area contributed by atoms with Crippen molar-refractivity contribution in [2.75, 3.05) is 0 Å². The molecule has 0 unspecified atom stereocenters. The molecule has 0 saturated heterocycles. The fourth-order valence-corrected chi connectivity index (χ4v) is 4.62. The fourth-order valence-electron chi connectivity index (χ4n) is 3.65. The van der Waals surface area contributed by atoms with Gasteiger partial charge in [-0.1, -0.05) is 48.5 Å². The van der Waals surface area contributed by atoms with Gasteiger partial charge in [-0.2, -0.15) is 0 Å². The largest absolute Gasteiger partial charge is 0.342 e. The molecule has 0 saturated carbocycles. The number of hydrogen-bond acceptors (Lipinski definition) is 3. The van der Waals surface area contributed by atoms with Crippen molar-refractivity contribution < 1.29 is 4.39 Å². The van der Waals surface area contributed by atoms with Gasteiger partial charge in [0.25, 0.3) is 0 Å². The zero-order chi connectivity index (χ0) is 20.5. The summed E-state index contributed by atoms with van der Waals surface area (Å²) in [6.45, 7) is 3.57. The zero-order valence-electron chi connectivity index (χ0n) is 16.5. The summed E-state index contributed by atoms with van der Waals surface area (Å²) in [7, 11) is 0. The summed E-state index contributed by atoms with van der Waals surface area (Å²) in [4.78, 5) is 12.1. The van der Waals surface area contributed by atoms with Gasteiger partial charge in [0, 0.05) is 24.0 Å². The first-order chi connectivity index (χ1) is 14.7. The number of rotatable bonds is 3. The van der Waals surface area contributed by atoms with Crippen LogP contribution >= 0.6 is 11.8 Å². The first kappa shape index (κ1) is 18.8. The van der Waals surface area contributed by atoms with E-state index in [1.54, 1.807) is 23.9 Å². The number of amidine groups is 1. The first-order valence-corrected chi connectivity index (χ1v) is 10.7. The molecule has 5 rings (SSSR count). The van der Waals surface area contributed by atoms with E-state index in [0.29, 0.717) is 0 Å². The van der Waals surface area contributed by atoms with E-state index >= 15 is 0 Å². The van der Waals surface area contributed by atoms with Gasteiger partial charge >= 0.3 is 0 Å². The minimum Gasteiger partial charge on any atom is -0.342 e. The molecule has 0 amide bonds. The summed E-state index contributed by atoms with van der Waals surface area (Å²) in [6, 6.07) is 25.2. The molecule has 3 nitrogen and oxygen atoms in total. The molecule has 0 radical (unpaired) electrons. The van der Waals surface area contributed by atoms with E-state index in [9.17, 15) is 4.39 Å². The Morgan fingerprint density at radius 2 is 1.80 bits per heavy atom. The van der Waals surface area contributed by atoms with Crippen LogP contribution in [-0.4, -0.2) is 15.1 Å². The number of aromatic nitrogens is 1. The monoisotopic (exact) mass is 413 g/mol. The van der Waals surface area contributed by atoms with Crippen LogP contribution in [0, 0.1) is 12.7 Å². The molecule has 30 heavy (non-hydrogen) atoms. The Labute approximate surface area is 179 Å². The highest BCUT2D eigenvalue weighted by Gasteiger charge is 2.24. The van der Waals surface area contributed by atoms with Gasteiger partial charge in [-0.3, -0.25) is 0 Å². The van der Waals surface area contributed by atoms with Crippen LogP contribution < -0.4 is 0 Å². The molecular formula is C25H20FN3S. The number of para-hydroxylation sites is 1. The lowest BCUT2D eigenvalue weighted by atomic mass is 10.1. The van der Waals surface area contributed by atoms with Crippen molar-refractivity contribution in [3.63, 3.8) is 0 Å². The first-order valence-electron chi connectivity index (χ1n) is 9.86. The number of fused-ring (bicyclic) bond motifs is 2. The normalized spacial score (nSPS) is 14.9. The van der Waals surface area contributed by atoms with Crippen LogP contribution in [-0.2, 0) is 13.1 Å². The molecule has 0 N–H and O–H groups in total. The number of benzene rings is 3. The highest BCUT2D eigenvalue weighted by molar-refractivity contribution is 8.13. The van der Waals surface area contributed by atoms with Gasteiger partial charge in [0.2, 0.25) is 0 Å². The molecule has 0 fully saturated rings. The summed E-state index contributed by atoms with van der Waals surface area (Å²) in [5, 5.41) is 3.02. The average molecular weight is 414 g/mol. The molecule has 0 aliphatic carbocycles. The minimum atomic E-state index is -0.259. The molecule has 5 heteroatoms. The van der Waals surface area contributed by atoms with Crippen molar-refractivity contribution in [1.82, 2.24) is 9.88 Å². The fraction of sp³-hybridized carbons (Fsp3) is 0.120. The van der Waals surface area contributed by atoms with Gasteiger partial charge in [0.05, 0.1) is 11.2 Å². The summed E-state index contributed by atoms with van der Waals surface area (Å²) in [6.07, 6.45) is 0. The molecule has 0 bridgehead atoms. The topological polar surface area (TPSA) is 28.5 Å². The van der Waals surface area contributed by atoms with Crippen LogP contribution in [0.5, 0.6) is 0 Å². The van der Waals surface area contributed by atoms with Crippen molar-refractivity contribution in [2.24, 2.45) is 4.99 Å². The third-order valence-corrected chi connectivity index (χ3v) is 6.25. The number of hydrogen-bond donors (Lipinski definition) is 0. The Bertz CT molecular complexity index is 1240. The smallest absolute Gasteiger partial charge is 0.171 e. The van der Waals surface area contributed by atoms with E-state index in [4.69, 9.17) is 9.98 Å². The molecule has 3 aromatic carbocycles. The lowest BCUT2D eigenvalue weighted by molar-refractivity contribution is 0.406. The second-order valence-corrected chi connectivity index (χ2v) is 8.37. The number of nitrogens with zero attached hydrogens (tertiary/aromatic N) is 3. The van der Waals surface area contributed by atoms with E-state index in [1.165, 1.54) is 28.8 Å². The van der Waals surface area contributed by atoms with Gasteiger partial charge in [-0.15, -0.1) is 0 Å². The maximum absolute atomic E-state index is 13.3. The molecule has 0 atom stereocenters. The Morgan fingerprint density at radius 3 is 2.60 bits per heavy atom. The maximum Gasteiger partial charge on any atom is 0.171 e. The van der Waals surface area contributed by atoms with Crippen LogP contribution in [0.1, 0.15) is 16.7 Å². The van der Waals surface area contributed by atoms with Crippen molar-refractivity contribution >= 4 is 33.5 Å². The number of aliphatic imine (C=N–C) groups is 1. The molecule has 0 spiro atoms. The second-order valence-electron chi connectivity index (χ2n) is 7.41. The third kappa shape index (κ3) is 3.81. The highest BCUT2D eigenvalue weighted by atomic mass is 32.2. The summed E-state index contributed by atoms with van der Waals surface area (Å²) >= 11 is 1.58. The standard InChI is InChI=1S/C25H20FN3S/c1-17-6-5-9-19-14-20-16-29(15-18-7-3-2-4-8-18)25(30-24(20)28-23(17)19)27-22-12-10-21(26)11-13-22/h2-14H,15-16H2,1H3. The molecule has 1 aliphatic heterocycles. The van der Waals surface area contributed by atoms with Gasteiger partial charge < -0.3 is 4.90 Å². The van der Waals surface area contributed by atoms with Gasteiger partial charge in [0.1, 0.15) is 10.8 Å². The van der Waals surface area contributed by atoms with E-state index in [-0.39, 0.29) is 5.82 Å². The molecular weight excluding hydrogens is 393 g/mol. The molecule has 4 aromatic rings. The van der Waals surface area contributed by atoms with Crippen molar-refractivity contribution in [2.45, 2.75) is 25.0 Å². The van der Waals surface area contributed by atoms with Gasteiger partial charge in [-0.25, -0.2) is 14.4 Å². The molecule has 148 valence electrons. The Kier molecular flexibility index (Phi) is 4.97. The number of thioether (sulfide) groups is 1. The lowest BCUT2D eigenvalue weighted by Gasteiger charge is -2.31. The zero-order valence-corrected chi connectivity index (χ0v) is 17.4. The Hall–Kier alpha value is -3.18. The number of aryl methyl sites for hydroxylation is 1. The summed E-state index contributed by atoms with van der Waals surface area (Å²) in [5.74, 6) is -0.259. The Balaban J connectivity index is 1.57. The average Bonchev–Trinajstić information content (AvgIpc) is 2.76. The van der Waals surface area contributed by atoms with Gasteiger partial charge in [-0.05, 0) is 60.1 Å². The van der Waals surface area contributed by atoms with E-state index < -0.39 is 0 Å². The van der Waals surface area contributed by atoms with Crippen LogP contribution in [0.4, 0.5) is 10.1 Å². The van der Waals surface area contributed by atoms with Crippen LogP contribution in [0.2, 0.25) is 0 Å².